The Hall–Kier alpha value is -1.99. The molecule has 1 atom stereocenters. The number of ether oxygens (including phenoxy) is 1. The van der Waals surface area contributed by atoms with Crippen LogP contribution < -0.4 is 10.6 Å². The van der Waals surface area contributed by atoms with Crippen LogP contribution in [0, 0.1) is 13.8 Å². The Labute approximate surface area is 130 Å². The predicted octanol–water partition coefficient (Wildman–Crippen LogP) is 1.06. The van der Waals surface area contributed by atoms with E-state index >= 15 is 0 Å². The van der Waals surface area contributed by atoms with Crippen molar-refractivity contribution in [2.45, 2.75) is 26.5 Å². The fraction of sp³-hybridized carbons (Fsp3) is 0.533. The number of aryl methyl sites for hydroxylation is 2. The van der Waals surface area contributed by atoms with E-state index < -0.39 is 0 Å². The average molecular weight is 302 g/mol. The molecule has 0 saturated carbocycles. The van der Waals surface area contributed by atoms with E-state index in [1.807, 2.05) is 36.9 Å². The first-order valence-corrected chi connectivity index (χ1v) is 7.62. The number of nitrogens with one attached hydrogen (secondary N) is 2. The standard InChI is InChI=1S/C15H22N6O/c1-11-3-4-18-21(11)7-5-17-15-9-13(19-12(2)20-15)14-10-16-6-8-22-14/h3-4,9,14,16H,5-8,10H2,1-2H3,(H,17,19,20)/t14-/m0/s1. The smallest absolute Gasteiger partial charge is 0.130 e. The van der Waals surface area contributed by atoms with Crippen LogP contribution in [0.3, 0.4) is 0 Å². The third kappa shape index (κ3) is 3.61. The topological polar surface area (TPSA) is 76.9 Å². The van der Waals surface area contributed by atoms with Gasteiger partial charge in [-0.3, -0.25) is 4.68 Å². The molecule has 22 heavy (non-hydrogen) atoms. The molecule has 0 unspecified atom stereocenters. The minimum absolute atomic E-state index is 0.00404. The molecule has 2 aromatic rings. The SMILES string of the molecule is Cc1nc(NCCn2nccc2C)cc([C@@H]2CNCCO2)n1. The van der Waals surface area contributed by atoms with E-state index in [-0.39, 0.29) is 6.10 Å². The summed E-state index contributed by atoms with van der Waals surface area (Å²) in [6, 6.07) is 3.97. The Balaban J connectivity index is 1.63. The molecule has 0 aliphatic carbocycles. The van der Waals surface area contributed by atoms with Gasteiger partial charge >= 0.3 is 0 Å². The van der Waals surface area contributed by atoms with Gasteiger partial charge < -0.3 is 15.4 Å². The zero-order valence-electron chi connectivity index (χ0n) is 13.0. The zero-order valence-corrected chi connectivity index (χ0v) is 13.0. The van der Waals surface area contributed by atoms with Gasteiger partial charge in [0.2, 0.25) is 0 Å². The minimum Gasteiger partial charge on any atom is -0.369 e. The van der Waals surface area contributed by atoms with Crippen molar-refractivity contribution in [2.24, 2.45) is 0 Å². The molecule has 1 aliphatic rings. The van der Waals surface area contributed by atoms with Crippen LogP contribution in [0.25, 0.3) is 0 Å². The second kappa shape index (κ2) is 6.85. The highest BCUT2D eigenvalue weighted by Crippen LogP contribution is 2.19. The molecule has 0 bridgehead atoms. The van der Waals surface area contributed by atoms with Gasteiger partial charge in [-0.2, -0.15) is 5.10 Å². The maximum Gasteiger partial charge on any atom is 0.130 e. The number of rotatable bonds is 5. The summed E-state index contributed by atoms with van der Waals surface area (Å²) < 4.78 is 7.73. The fourth-order valence-electron chi connectivity index (χ4n) is 2.52. The predicted molar refractivity (Wildman–Crippen MR) is 83.8 cm³/mol. The molecule has 3 heterocycles. The molecule has 1 saturated heterocycles. The first-order valence-electron chi connectivity index (χ1n) is 7.62. The van der Waals surface area contributed by atoms with Gasteiger partial charge in [-0.1, -0.05) is 0 Å². The van der Waals surface area contributed by atoms with E-state index in [1.165, 1.54) is 0 Å². The van der Waals surface area contributed by atoms with Gasteiger partial charge in [-0.25, -0.2) is 9.97 Å². The highest BCUT2D eigenvalue weighted by atomic mass is 16.5. The summed E-state index contributed by atoms with van der Waals surface area (Å²) in [6.07, 6.45) is 1.82. The van der Waals surface area contributed by atoms with Gasteiger partial charge in [-0.15, -0.1) is 0 Å². The van der Waals surface area contributed by atoms with Gasteiger partial charge in [0.25, 0.3) is 0 Å². The van der Waals surface area contributed by atoms with Crippen LogP contribution >= 0.6 is 0 Å². The molecule has 0 aromatic carbocycles. The van der Waals surface area contributed by atoms with Gasteiger partial charge in [0.05, 0.1) is 18.8 Å². The molecule has 0 radical (unpaired) electrons. The Morgan fingerprint density at radius 2 is 2.32 bits per heavy atom. The van der Waals surface area contributed by atoms with Crippen LogP contribution in [0.1, 0.15) is 23.3 Å². The molecule has 2 N–H and O–H groups in total. The van der Waals surface area contributed by atoms with E-state index in [9.17, 15) is 0 Å². The molecule has 7 heteroatoms. The minimum atomic E-state index is 0.00404. The quantitative estimate of drug-likeness (QED) is 0.860. The molecule has 1 aliphatic heterocycles. The van der Waals surface area contributed by atoms with Crippen LogP contribution in [0.4, 0.5) is 5.82 Å². The van der Waals surface area contributed by atoms with Crippen LogP contribution in [0.15, 0.2) is 18.3 Å². The zero-order chi connectivity index (χ0) is 15.4. The monoisotopic (exact) mass is 302 g/mol. The molecule has 0 amide bonds. The summed E-state index contributed by atoms with van der Waals surface area (Å²) in [5.74, 6) is 1.59. The number of hydrogen-bond donors (Lipinski definition) is 2. The van der Waals surface area contributed by atoms with Crippen molar-refractivity contribution < 1.29 is 4.74 Å². The molecule has 1 fully saturated rings. The van der Waals surface area contributed by atoms with Crippen molar-refractivity contribution in [3.63, 3.8) is 0 Å². The molecular weight excluding hydrogens is 280 g/mol. The number of aromatic nitrogens is 4. The lowest BCUT2D eigenvalue weighted by atomic mass is 10.2. The van der Waals surface area contributed by atoms with Crippen molar-refractivity contribution in [2.75, 3.05) is 31.6 Å². The van der Waals surface area contributed by atoms with Crippen molar-refractivity contribution in [1.29, 1.82) is 0 Å². The normalized spacial score (nSPS) is 18.4. The second-order valence-electron chi connectivity index (χ2n) is 5.41. The summed E-state index contributed by atoms with van der Waals surface area (Å²) in [6.45, 7) is 7.93. The second-order valence-corrected chi connectivity index (χ2v) is 5.41. The third-order valence-corrected chi connectivity index (χ3v) is 3.67. The first kappa shape index (κ1) is 14.9. The van der Waals surface area contributed by atoms with Crippen molar-refractivity contribution >= 4 is 5.82 Å². The van der Waals surface area contributed by atoms with Crippen LogP contribution in [0.2, 0.25) is 0 Å². The molecule has 0 spiro atoms. The maximum atomic E-state index is 5.76. The molecule has 7 nitrogen and oxygen atoms in total. The Kier molecular flexibility index (Phi) is 4.65. The number of hydrogen-bond acceptors (Lipinski definition) is 6. The summed E-state index contributed by atoms with van der Waals surface area (Å²) in [5.41, 5.74) is 2.08. The number of morpholine rings is 1. The van der Waals surface area contributed by atoms with E-state index in [0.29, 0.717) is 0 Å². The fourth-order valence-corrected chi connectivity index (χ4v) is 2.52. The van der Waals surface area contributed by atoms with Crippen molar-refractivity contribution in [1.82, 2.24) is 25.1 Å². The van der Waals surface area contributed by atoms with Crippen LogP contribution in [-0.2, 0) is 11.3 Å². The van der Waals surface area contributed by atoms with Crippen LogP contribution in [-0.4, -0.2) is 46.0 Å². The highest BCUT2D eigenvalue weighted by molar-refractivity contribution is 5.36. The summed E-state index contributed by atoms with van der Waals surface area (Å²) in [5, 5.41) is 10.9. The van der Waals surface area contributed by atoms with E-state index in [0.717, 1.165) is 55.8 Å². The summed E-state index contributed by atoms with van der Waals surface area (Å²) >= 11 is 0. The Morgan fingerprint density at radius 3 is 3.05 bits per heavy atom. The average Bonchev–Trinajstić information content (AvgIpc) is 2.93. The van der Waals surface area contributed by atoms with Crippen LogP contribution in [0.5, 0.6) is 0 Å². The lowest BCUT2D eigenvalue weighted by Crippen LogP contribution is -2.34. The van der Waals surface area contributed by atoms with Gasteiger partial charge in [0.1, 0.15) is 17.7 Å². The molecular formula is C15H22N6O. The first-order chi connectivity index (χ1) is 10.7. The maximum absolute atomic E-state index is 5.76. The van der Waals surface area contributed by atoms with E-state index in [1.54, 1.807) is 0 Å². The van der Waals surface area contributed by atoms with E-state index in [2.05, 4.69) is 25.7 Å². The lowest BCUT2D eigenvalue weighted by molar-refractivity contribution is 0.0249. The summed E-state index contributed by atoms with van der Waals surface area (Å²) in [7, 11) is 0. The highest BCUT2D eigenvalue weighted by Gasteiger charge is 2.18. The lowest BCUT2D eigenvalue weighted by Gasteiger charge is -2.23. The number of anilines is 1. The van der Waals surface area contributed by atoms with Gasteiger partial charge in [-0.05, 0) is 19.9 Å². The van der Waals surface area contributed by atoms with Gasteiger partial charge in [0, 0.05) is 37.6 Å². The Bertz CT molecular complexity index is 620. The van der Waals surface area contributed by atoms with Gasteiger partial charge in [0.15, 0.2) is 0 Å². The third-order valence-electron chi connectivity index (χ3n) is 3.67. The number of nitrogens with zero attached hydrogens (tertiary/aromatic N) is 4. The van der Waals surface area contributed by atoms with Crippen molar-refractivity contribution in [3.8, 4) is 0 Å². The Morgan fingerprint density at radius 1 is 1.41 bits per heavy atom. The largest absolute Gasteiger partial charge is 0.369 e. The van der Waals surface area contributed by atoms with E-state index in [4.69, 9.17) is 4.74 Å². The summed E-state index contributed by atoms with van der Waals surface area (Å²) in [4.78, 5) is 8.94. The molecule has 118 valence electrons. The molecule has 3 rings (SSSR count). The van der Waals surface area contributed by atoms with Crippen molar-refractivity contribution in [3.05, 3.63) is 35.5 Å². The molecule has 2 aromatic heterocycles.